The molecule has 0 aliphatic heterocycles. The molecule has 0 aromatic carbocycles. The van der Waals surface area contributed by atoms with Crippen LogP contribution in [0.2, 0.25) is 0 Å². The van der Waals surface area contributed by atoms with Gasteiger partial charge in [-0.25, -0.2) is 0 Å². The molecular weight excluding hydrogens is 253 g/mol. The maximum absolute atomic E-state index is 0. The topological polar surface area (TPSA) is 0 Å². The van der Waals surface area contributed by atoms with Crippen LogP contribution in [-0.2, 0) is 51.2 Å². The fourth-order valence-corrected chi connectivity index (χ4v) is 0. The molecule has 4 heteroatoms. The molecule has 0 aliphatic carbocycles. The number of hydrogen-bond donors (Lipinski definition) is 0. The Kier molecular flexibility index (Phi) is 165. The molecule has 5 radical (unpaired) electrons. The third-order valence-corrected chi connectivity index (χ3v) is 0. The predicted octanol–water partition coefficient (Wildman–Crippen LogP) is -0.388. The molecule has 33 valence electrons. The minimum atomic E-state index is 0. The third-order valence-electron chi connectivity index (χ3n) is 0. The maximum Gasteiger partial charge on any atom is 0 e. The van der Waals surface area contributed by atoms with Crippen LogP contribution >= 0.6 is 0 Å². The Balaban J connectivity index is 0. The van der Waals surface area contributed by atoms with Gasteiger partial charge in [0.2, 0.25) is 0 Å². The molecule has 0 atom stereocenters. The molecular formula is Cu2FeGa. The van der Waals surface area contributed by atoms with E-state index in [0.717, 1.165) is 0 Å². The molecule has 0 fully saturated rings. The first kappa shape index (κ1) is 34.7. The van der Waals surface area contributed by atoms with Crippen molar-refractivity contribution >= 4 is 19.8 Å². The first-order valence-corrected chi connectivity index (χ1v) is 0. The van der Waals surface area contributed by atoms with E-state index in [9.17, 15) is 0 Å². The van der Waals surface area contributed by atoms with E-state index in [-0.39, 0.29) is 71.0 Å². The first-order valence-electron chi connectivity index (χ1n) is 0. The van der Waals surface area contributed by atoms with Gasteiger partial charge in [-0.1, -0.05) is 0 Å². The third kappa shape index (κ3) is 8.89. The molecule has 4 heavy (non-hydrogen) atoms. The second-order valence-corrected chi connectivity index (χ2v) is 0. The second-order valence-electron chi connectivity index (χ2n) is 0. The maximum atomic E-state index is 0. The Morgan fingerprint density at radius 3 is 0.750 bits per heavy atom. The minimum absolute atomic E-state index is 0. The quantitative estimate of drug-likeness (QED) is 0.516. The van der Waals surface area contributed by atoms with Crippen LogP contribution < -0.4 is 0 Å². The van der Waals surface area contributed by atoms with Crippen LogP contribution in [0.5, 0.6) is 0 Å². The van der Waals surface area contributed by atoms with E-state index >= 15 is 0 Å². The van der Waals surface area contributed by atoms with E-state index in [1.807, 2.05) is 0 Å². The zero-order valence-corrected chi connectivity index (χ0v) is 6.94. The van der Waals surface area contributed by atoms with Crippen molar-refractivity contribution in [2.75, 3.05) is 0 Å². The molecule has 0 nitrogen and oxygen atoms in total. The first-order chi connectivity index (χ1) is 0. The van der Waals surface area contributed by atoms with Crippen molar-refractivity contribution in [2.45, 2.75) is 0 Å². The fourth-order valence-electron chi connectivity index (χ4n) is 0. The standard InChI is InChI=1S/2Cu.Fe.Ga. The van der Waals surface area contributed by atoms with Crippen molar-refractivity contribution < 1.29 is 51.2 Å². The SMILES string of the molecule is [Cu].[Cu].[Fe].[Ga]. The molecule has 0 aromatic rings. The Labute approximate surface area is 70.3 Å². The minimum Gasteiger partial charge on any atom is 0 e. The second kappa shape index (κ2) is 19.0. The average molecular weight is 253 g/mol. The Bertz CT molecular complexity index is 6.00. The average Bonchev–Trinajstić information content (AvgIpc) is 0. The van der Waals surface area contributed by atoms with E-state index in [2.05, 4.69) is 0 Å². The van der Waals surface area contributed by atoms with Crippen molar-refractivity contribution in [1.29, 1.82) is 0 Å². The Morgan fingerprint density at radius 1 is 0.750 bits per heavy atom. The van der Waals surface area contributed by atoms with Gasteiger partial charge in [0.05, 0.1) is 0 Å². The van der Waals surface area contributed by atoms with Gasteiger partial charge >= 0.3 is 0 Å². The van der Waals surface area contributed by atoms with E-state index < -0.39 is 0 Å². The molecule has 0 aliphatic rings. The van der Waals surface area contributed by atoms with Gasteiger partial charge in [-0.15, -0.1) is 0 Å². The van der Waals surface area contributed by atoms with Crippen LogP contribution in [0.15, 0.2) is 0 Å². The summed E-state index contributed by atoms with van der Waals surface area (Å²) in [5.74, 6) is 0. The summed E-state index contributed by atoms with van der Waals surface area (Å²) in [7, 11) is 0. The molecule has 0 heterocycles. The van der Waals surface area contributed by atoms with Gasteiger partial charge in [0.15, 0.2) is 0 Å². The van der Waals surface area contributed by atoms with Crippen LogP contribution in [-0.4, -0.2) is 19.8 Å². The van der Waals surface area contributed by atoms with Crippen LogP contribution in [0.3, 0.4) is 0 Å². The van der Waals surface area contributed by atoms with Gasteiger partial charge in [-0.3, -0.25) is 0 Å². The summed E-state index contributed by atoms with van der Waals surface area (Å²) in [6, 6.07) is 0. The molecule has 0 saturated carbocycles. The van der Waals surface area contributed by atoms with Crippen molar-refractivity contribution in [3.63, 3.8) is 0 Å². The van der Waals surface area contributed by atoms with E-state index in [0.29, 0.717) is 0 Å². The van der Waals surface area contributed by atoms with Crippen molar-refractivity contribution in [3.8, 4) is 0 Å². The summed E-state index contributed by atoms with van der Waals surface area (Å²) >= 11 is 0. The fraction of sp³-hybridized carbons (Fsp3) is 0. The molecule has 0 aromatic heterocycles. The molecule has 0 bridgehead atoms. The van der Waals surface area contributed by atoms with E-state index in [1.54, 1.807) is 0 Å². The molecule has 0 amide bonds. The summed E-state index contributed by atoms with van der Waals surface area (Å²) in [6.45, 7) is 0. The van der Waals surface area contributed by atoms with Crippen molar-refractivity contribution in [1.82, 2.24) is 0 Å². The van der Waals surface area contributed by atoms with Gasteiger partial charge in [-0.05, 0) is 0 Å². The van der Waals surface area contributed by atoms with Crippen LogP contribution in [0, 0.1) is 0 Å². The predicted molar refractivity (Wildman–Crippen MR) is 5.75 cm³/mol. The summed E-state index contributed by atoms with van der Waals surface area (Å²) in [5.41, 5.74) is 0. The van der Waals surface area contributed by atoms with Gasteiger partial charge in [-0.2, -0.15) is 0 Å². The summed E-state index contributed by atoms with van der Waals surface area (Å²) in [4.78, 5) is 0. The van der Waals surface area contributed by atoms with Crippen molar-refractivity contribution in [3.05, 3.63) is 0 Å². The van der Waals surface area contributed by atoms with E-state index in [1.165, 1.54) is 0 Å². The summed E-state index contributed by atoms with van der Waals surface area (Å²) < 4.78 is 0. The zero-order chi connectivity index (χ0) is 0. The largest absolute Gasteiger partial charge is 0 e. The number of rotatable bonds is 0. The smallest absolute Gasteiger partial charge is 0 e. The Morgan fingerprint density at radius 2 is 0.750 bits per heavy atom. The van der Waals surface area contributed by atoms with Gasteiger partial charge in [0.1, 0.15) is 0 Å². The Hall–Kier alpha value is 2.19. The van der Waals surface area contributed by atoms with Crippen LogP contribution in [0.4, 0.5) is 0 Å². The van der Waals surface area contributed by atoms with Crippen LogP contribution in [0.1, 0.15) is 0 Å². The molecule has 0 rings (SSSR count). The van der Waals surface area contributed by atoms with Gasteiger partial charge < -0.3 is 0 Å². The molecule has 0 unspecified atom stereocenters. The molecule has 0 N–H and O–H groups in total. The molecule has 0 saturated heterocycles. The van der Waals surface area contributed by atoms with E-state index in [4.69, 9.17) is 0 Å². The number of hydrogen-bond acceptors (Lipinski definition) is 0. The zero-order valence-electron chi connectivity index (χ0n) is 1.53. The van der Waals surface area contributed by atoms with Gasteiger partial charge in [0, 0.05) is 71.0 Å². The normalized spacial score (nSPS) is 0. The van der Waals surface area contributed by atoms with Crippen molar-refractivity contribution in [2.24, 2.45) is 0 Å². The van der Waals surface area contributed by atoms with Crippen LogP contribution in [0.25, 0.3) is 0 Å². The molecule has 0 spiro atoms. The summed E-state index contributed by atoms with van der Waals surface area (Å²) in [5, 5.41) is 0. The van der Waals surface area contributed by atoms with Gasteiger partial charge in [0.25, 0.3) is 0 Å². The summed E-state index contributed by atoms with van der Waals surface area (Å²) in [6.07, 6.45) is 0. The monoisotopic (exact) mass is 251 g/mol.